The predicted molar refractivity (Wildman–Crippen MR) is 240 cm³/mol. The van der Waals surface area contributed by atoms with Crippen molar-refractivity contribution in [3.63, 3.8) is 0 Å². The van der Waals surface area contributed by atoms with Crippen LogP contribution in [0.25, 0.3) is 0 Å². The van der Waals surface area contributed by atoms with Crippen LogP contribution in [0.2, 0.25) is 0 Å². The van der Waals surface area contributed by atoms with Gasteiger partial charge in [-0.15, -0.1) is 0 Å². The Hall–Kier alpha value is -0.760. The van der Waals surface area contributed by atoms with Gasteiger partial charge in [0, 0.05) is 6.42 Å². The van der Waals surface area contributed by atoms with Gasteiger partial charge < -0.3 is 19.8 Å². The smallest absolute Gasteiger partial charge is 0.391 e. The van der Waals surface area contributed by atoms with Crippen LogP contribution in [-0.4, -0.2) is 73.4 Å². The van der Waals surface area contributed by atoms with Gasteiger partial charge >= 0.3 is 7.82 Å². The molecule has 0 heterocycles. The number of hydrogen-bond donors (Lipinski definition) is 3. The molecule has 0 rings (SSSR count). The van der Waals surface area contributed by atoms with Gasteiger partial charge in [-0.3, -0.25) is 13.8 Å². The summed E-state index contributed by atoms with van der Waals surface area (Å²) in [7, 11) is 1.62. The van der Waals surface area contributed by atoms with Crippen molar-refractivity contribution in [3.05, 3.63) is 12.2 Å². The molecule has 334 valence electrons. The van der Waals surface area contributed by atoms with E-state index in [4.69, 9.17) is 9.05 Å². The first-order valence-electron chi connectivity index (χ1n) is 24.1. The Bertz CT molecular complexity index is 927. The van der Waals surface area contributed by atoms with Crippen LogP contribution in [-0.2, 0) is 18.4 Å². The van der Waals surface area contributed by atoms with Gasteiger partial charge in [0.15, 0.2) is 0 Å². The molecule has 0 aliphatic heterocycles. The maximum absolute atomic E-state index is 12.9. The third-order valence-corrected chi connectivity index (χ3v) is 12.0. The van der Waals surface area contributed by atoms with Gasteiger partial charge in [-0.05, 0) is 32.1 Å². The first-order valence-corrected chi connectivity index (χ1v) is 25.5. The van der Waals surface area contributed by atoms with E-state index in [9.17, 15) is 19.4 Å². The van der Waals surface area contributed by atoms with E-state index in [0.29, 0.717) is 23.9 Å². The van der Waals surface area contributed by atoms with Crippen LogP contribution >= 0.6 is 7.82 Å². The lowest BCUT2D eigenvalue weighted by Gasteiger charge is -2.26. The zero-order valence-corrected chi connectivity index (χ0v) is 38.8. The van der Waals surface area contributed by atoms with E-state index < -0.39 is 20.0 Å². The molecular weight excluding hydrogens is 719 g/mol. The molecule has 0 bridgehead atoms. The molecule has 0 aromatic rings. The van der Waals surface area contributed by atoms with Crippen LogP contribution in [0.1, 0.15) is 232 Å². The number of allylic oxidation sites excluding steroid dienone is 2. The molecule has 0 saturated carbocycles. The van der Waals surface area contributed by atoms with Crippen LogP contribution in [0, 0.1) is 0 Å². The second-order valence-corrected chi connectivity index (χ2v) is 19.3. The molecule has 3 N–H and O–H groups in total. The van der Waals surface area contributed by atoms with Crippen molar-refractivity contribution >= 4 is 13.7 Å². The minimum absolute atomic E-state index is 0.0772. The number of unbranched alkanes of at least 4 members (excludes halogenated alkanes) is 29. The second kappa shape index (κ2) is 39.7. The summed E-state index contributed by atoms with van der Waals surface area (Å²) >= 11 is 0. The van der Waals surface area contributed by atoms with E-state index in [0.717, 1.165) is 38.5 Å². The summed E-state index contributed by atoms with van der Waals surface area (Å²) in [6.45, 7) is 4.88. The lowest BCUT2D eigenvalue weighted by Crippen LogP contribution is -2.46. The van der Waals surface area contributed by atoms with Gasteiger partial charge in [0.25, 0.3) is 0 Å². The number of phosphoric ester groups is 1. The summed E-state index contributed by atoms with van der Waals surface area (Å²) in [5, 5.41) is 14.0. The molecule has 0 aromatic carbocycles. The van der Waals surface area contributed by atoms with Crippen LogP contribution < -0.4 is 5.32 Å². The Labute approximate surface area is 348 Å². The number of carbonyl (C=O) groups is 1. The fourth-order valence-corrected chi connectivity index (χ4v) is 7.88. The molecule has 0 aliphatic rings. The number of amides is 1. The molecule has 1 amide bonds. The zero-order chi connectivity index (χ0) is 41.4. The number of aliphatic hydroxyl groups excluding tert-OH is 1. The van der Waals surface area contributed by atoms with E-state index in [-0.39, 0.29) is 19.1 Å². The maximum atomic E-state index is 12.9. The van der Waals surface area contributed by atoms with E-state index >= 15 is 0 Å². The molecular formula is C47H96N2O6P+. The average Bonchev–Trinajstić information content (AvgIpc) is 3.15. The third kappa shape index (κ3) is 41.4. The average molecular weight is 816 g/mol. The molecule has 3 atom stereocenters. The van der Waals surface area contributed by atoms with E-state index in [1.165, 1.54) is 167 Å². The number of hydrogen-bond acceptors (Lipinski definition) is 5. The molecule has 0 radical (unpaired) electrons. The first-order chi connectivity index (χ1) is 27.0. The van der Waals surface area contributed by atoms with Crippen molar-refractivity contribution in [1.82, 2.24) is 5.32 Å². The number of nitrogens with zero attached hydrogens (tertiary/aromatic N) is 1. The van der Waals surface area contributed by atoms with Gasteiger partial charge in [0.2, 0.25) is 5.91 Å². The van der Waals surface area contributed by atoms with E-state index in [1.54, 1.807) is 0 Å². The number of phosphoric acid groups is 1. The SMILES string of the molecule is CCCC/C=C\CCCCCCCCCCCCCCCCCC(=O)NC(COP(=O)(O)OCC[N+](C)(C)C)C(O)CCCCCCCCCCCCCCC. The third-order valence-electron chi connectivity index (χ3n) is 11.0. The molecule has 56 heavy (non-hydrogen) atoms. The summed E-state index contributed by atoms with van der Waals surface area (Å²) in [4.78, 5) is 23.2. The number of quaternary nitrogens is 1. The van der Waals surface area contributed by atoms with Crippen LogP contribution in [0.5, 0.6) is 0 Å². The predicted octanol–water partition coefficient (Wildman–Crippen LogP) is 13.5. The summed E-state index contributed by atoms with van der Waals surface area (Å²) < 4.78 is 23.7. The van der Waals surface area contributed by atoms with Gasteiger partial charge in [-0.1, -0.05) is 206 Å². The number of nitrogens with one attached hydrogen (secondary N) is 1. The Morgan fingerprint density at radius 2 is 0.982 bits per heavy atom. The zero-order valence-electron chi connectivity index (χ0n) is 37.9. The Balaban J connectivity index is 4.22. The number of carbonyl (C=O) groups excluding carboxylic acids is 1. The largest absolute Gasteiger partial charge is 0.472 e. The lowest BCUT2D eigenvalue weighted by atomic mass is 10.0. The Morgan fingerprint density at radius 1 is 0.589 bits per heavy atom. The van der Waals surface area contributed by atoms with Gasteiger partial charge in [-0.2, -0.15) is 0 Å². The maximum Gasteiger partial charge on any atom is 0.472 e. The summed E-state index contributed by atoms with van der Waals surface area (Å²) in [5.41, 5.74) is 0. The van der Waals surface area contributed by atoms with Crippen molar-refractivity contribution in [1.29, 1.82) is 0 Å². The Morgan fingerprint density at radius 3 is 1.43 bits per heavy atom. The lowest BCUT2D eigenvalue weighted by molar-refractivity contribution is -0.870. The summed E-state index contributed by atoms with van der Waals surface area (Å²) in [6.07, 6.45) is 45.2. The van der Waals surface area contributed by atoms with Crippen molar-refractivity contribution in [2.45, 2.75) is 244 Å². The molecule has 0 saturated heterocycles. The van der Waals surface area contributed by atoms with Crippen LogP contribution in [0.4, 0.5) is 0 Å². The molecule has 3 unspecified atom stereocenters. The fourth-order valence-electron chi connectivity index (χ4n) is 7.15. The monoisotopic (exact) mass is 816 g/mol. The van der Waals surface area contributed by atoms with Gasteiger partial charge in [0.1, 0.15) is 13.2 Å². The van der Waals surface area contributed by atoms with Crippen molar-refractivity contribution in [3.8, 4) is 0 Å². The van der Waals surface area contributed by atoms with E-state index in [2.05, 4.69) is 31.3 Å². The second-order valence-electron chi connectivity index (χ2n) is 17.8. The van der Waals surface area contributed by atoms with Crippen molar-refractivity contribution < 1.29 is 32.9 Å². The highest BCUT2D eigenvalue weighted by Crippen LogP contribution is 2.43. The first kappa shape index (κ1) is 55.2. The molecule has 8 nitrogen and oxygen atoms in total. The highest BCUT2D eigenvalue weighted by Gasteiger charge is 2.28. The van der Waals surface area contributed by atoms with Crippen molar-refractivity contribution in [2.75, 3.05) is 40.9 Å². The van der Waals surface area contributed by atoms with Crippen molar-refractivity contribution in [2.24, 2.45) is 0 Å². The number of likely N-dealkylation sites (N-methyl/N-ethyl adjacent to an activating group) is 1. The Kier molecular flexibility index (Phi) is 39.1. The minimum atomic E-state index is -4.31. The number of rotatable bonds is 44. The standard InChI is InChI=1S/C47H95N2O6P/c1-6-8-10-12-14-16-18-20-21-22-23-24-25-26-27-29-31-33-35-37-39-41-47(51)48-45(44-55-56(52,53)54-43-42-49(3,4)5)46(50)40-38-36-34-32-30-28-19-17-15-13-11-9-7-2/h12,14,45-46,50H,6-11,13,15-44H2,1-5H3,(H-,48,51,52,53)/p+1/b14-12-. The van der Waals surface area contributed by atoms with E-state index in [1.807, 2.05) is 21.1 Å². The molecule has 0 aliphatic carbocycles. The molecule has 0 spiro atoms. The topological polar surface area (TPSA) is 105 Å². The molecule has 0 fully saturated rings. The minimum Gasteiger partial charge on any atom is -0.391 e. The van der Waals surface area contributed by atoms with Crippen LogP contribution in [0.15, 0.2) is 12.2 Å². The summed E-state index contributed by atoms with van der Waals surface area (Å²) in [6, 6.07) is -0.755. The highest BCUT2D eigenvalue weighted by molar-refractivity contribution is 7.47. The molecule has 9 heteroatoms. The quantitative estimate of drug-likeness (QED) is 0.0245. The highest BCUT2D eigenvalue weighted by atomic mass is 31.2. The summed E-state index contributed by atoms with van der Waals surface area (Å²) in [5.74, 6) is -0.142. The van der Waals surface area contributed by atoms with Crippen LogP contribution in [0.3, 0.4) is 0 Å². The number of aliphatic hydroxyl groups is 1. The molecule has 0 aromatic heterocycles. The van der Waals surface area contributed by atoms with Gasteiger partial charge in [0.05, 0.1) is 39.9 Å². The van der Waals surface area contributed by atoms with Gasteiger partial charge in [-0.25, -0.2) is 4.57 Å². The fraction of sp³-hybridized carbons (Fsp3) is 0.936. The normalized spacial score (nSPS) is 14.3.